The lowest BCUT2D eigenvalue weighted by Crippen LogP contribution is -2.58. The Kier molecular flexibility index (Phi) is 19.2. The number of hydrogen-bond acceptors (Lipinski definition) is 14. The van der Waals surface area contributed by atoms with Crippen molar-refractivity contribution in [1.29, 1.82) is 0 Å². The van der Waals surface area contributed by atoms with E-state index in [4.69, 9.17) is 29.8 Å². The van der Waals surface area contributed by atoms with E-state index in [1.807, 2.05) is 20.8 Å². The van der Waals surface area contributed by atoms with Crippen molar-refractivity contribution >= 4 is 48.1 Å². The molecule has 52 heavy (non-hydrogen) atoms. The summed E-state index contributed by atoms with van der Waals surface area (Å²) >= 11 is 0. The smallest absolute Gasteiger partial charge is 0.463 e. The minimum atomic E-state index is -5.39. The molecule has 10 atom stereocenters. The first kappa shape index (κ1) is 47.2. The van der Waals surface area contributed by atoms with Gasteiger partial charge in [-0.05, 0) is 43.3 Å². The molecule has 3 aliphatic rings. The van der Waals surface area contributed by atoms with Gasteiger partial charge in [-0.15, -0.1) is 0 Å². The first-order chi connectivity index (χ1) is 24.1. The van der Waals surface area contributed by atoms with Crippen molar-refractivity contribution in [2.75, 3.05) is 13.2 Å². The van der Waals surface area contributed by atoms with Crippen LogP contribution in [-0.2, 0) is 61.6 Å². The number of nitrogens with one attached hydrogen (secondary N) is 1. The van der Waals surface area contributed by atoms with E-state index in [0.29, 0.717) is 18.7 Å². The fraction of sp³-hybridized carbons (Fsp3) is 0.844. The van der Waals surface area contributed by atoms with Crippen LogP contribution in [0.25, 0.3) is 0 Å². The molecule has 1 N–H and O–H groups in total. The number of amides is 1. The van der Waals surface area contributed by atoms with E-state index in [1.54, 1.807) is 6.92 Å². The normalized spacial score (nSPS) is 29.9. The van der Waals surface area contributed by atoms with Gasteiger partial charge >= 0.3 is 33.5 Å². The van der Waals surface area contributed by atoms with Gasteiger partial charge in [0.1, 0.15) is 19.3 Å². The molecule has 3 rings (SSSR count). The highest BCUT2D eigenvalue weighted by molar-refractivity contribution is 7.88. The maximum absolute atomic E-state index is 11.7. The predicted octanol–water partition coefficient (Wildman–Crippen LogP) is 4.69. The summed E-state index contributed by atoms with van der Waals surface area (Å²) in [5, 5.41) is 2.75. The Morgan fingerprint density at radius 3 is 1.71 bits per heavy atom. The molecule has 2 saturated heterocycles. The Morgan fingerprint density at radius 2 is 1.33 bits per heavy atom. The monoisotopic (exact) mass is 795 g/mol. The molecular formula is C32H57F3N2O13SSi. The van der Waals surface area contributed by atoms with Crippen molar-refractivity contribution < 1.29 is 74.4 Å². The Morgan fingerprint density at radius 1 is 0.865 bits per heavy atom. The molecule has 2 fully saturated rings. The summed E-state index contributed by atoms with van der Waals surface area (Å²) in [5.74, 6) is -0.0724. The van der Waals surface area contributed by atoms with Crippen LogP contribution in [0.1, 0.15) is 77.5 Å². The maximum Gasteiger partial charge on any atom is 0.522 e. The van der Waals surface area contributed by atoms with Crippen LogP contribution < -0.4 is 5.32 Å². The molecule has 20 heteroatoms. The molecular weight excluding hydrogens is 738 g/mol. The van der Waals surface area contributed by atoms with E-state index in [0.717, 1.165) is 0 Å². The zero-order valence-corrected chi connectivity index (χ0v) is 34.0. The average molecular weight is 796 g/mol. The van der Waals surface area contributed by atoms with Crippen LogP contribution in [-0.4, -0.2) is 102 Å². The average Bonchev–Trinajstić information content (AvgIpc) is 3.36. The highest BCUT2D eigenvalue weighted by Crippen LogP contribution is 2.36. The van der Waals surface area contributed by atoms with Crippen LogP contribution in [0.2, 0.25) is 19.6 Å². The van der Waals surface area contributed by atoms with Gasteiger partial charge in [0, 0.05) is 36.0 Å². The molecule has 15 nitrogen and oxygen atoms in total. The van der Waals surface area contributed by atoms with E-state index in [1.165, 1.54) is 47.3 Å². The number of aliphatic imine (C=N–C) groups is 1. The van der Waals surface area contributed by atoms with Gasteiger partial charge in [-0.3, -0.25) is 19.2 Å². The third-order valence-corrected chi connectivity index (χ3v) is 11.4. The lowest BCUT2D eigenvalue weighted by molar-refractivity contribution is -0.238. The summed E-state index contributed by atoms with van der Waals surface area (Å²) in [6.07, 6.45) is -1.71. The maximum atomic E-state index is 11.7. The minimum absolute atomic E-state index is 0.00689. The fourth-order valence-corrected chi connectivity index (χ4v) is 8.12. The first-order valence-corrected chi connectivity index (χ1v) is 21.4. The number of alkyl halides is 3. The topological polar surface area (TPSA) is 191 Å². The standard InChI is InChI=1S/C14H23NO6.C12H19NO4.C4H9F3O3SSi.C2H6/c1-7-8(2)13(15-9(3)16)14(20-11(5)18)21-12(7)6-19-10(4)17;1-6-7(2)11-12(16-8(3)13-11)17-10(6)5-15-9(4)14;1-12(2,3)10-11(8,9)4(5,6)7;1-2/h7-8,12-14H,6H2,1-5H3,(H,15,16);6-7,10-12H,5H2,1-4H3;1-3H3;1-2H3/t7-,8+,12-,13-,14?;6-,7+,10-,11-,12?;;/m11../s1/i;;;1D. The quantitative estimate of drug-likeness (QED) is 0.154. The van der Waals surface area contributed by atoms with Gasteiger partial charge in [0.15, 0.2) is 5.90 Å². The van der Waals surface area contributed by atoms with Crippen LogP contribution >= 0.6 is 0 Å². The number of rotatable bonds is 8. The van der Waals surface area contributed by atoms with Gasteiger partial charge in [-0.1, -0.05) is 41.5 Å². The van der Waals surface area contributed by atoms with Crippen molar-refractivity contribution in [2.24, 2.45) is 28.7 Å². The van der Waals surface area contributed by atoms with Gasteiger partial charge < -0.3 is 37.6 Å². The number of halogens is 3. The molecule has 0 spiro atoms. The first-order valence-electron chi connectivity index (χ1n) is 17.3. The van der Waals surface area contributed by atoms with Crippen LogP contribution in [0.4, 0.5) is 13.2 Å². The Hall–Kier alpha value is -2.81. The zero-order chi connectivity index (χ0) is 41.6. The molecule has 0 aromatic rings. The van der Waals surface area contributed by atoms with Crippen molar-refractivity contribution in [3.05, 3.63) is 0 Å². The van der Waals surface area contributed by atoms with Gasteiger partial charge in [0.2, 0.25) is 26.8 Å². The summed E-state index contributed by atoms with van der Waals surface area (Å²) in [5.41, 5.74) is -5.31. The Balaban J connectivity index is 0.000000762. The predicted molar refractivity (Wildman–Crippen MR) is 185 cm³/mol. The number of carbonyl (C=O) groups is 4. The number of ether oxygens (including phenoxy) is 6. The van der Waals surface area contributed by atoms with Crippen LogP contribution in [0.15, 0.2) is 4.99 Å². The number of carbonyl (C=O) groups excluding carboxylic acids is 4. The van der Waals surface area contributed by atoms with Crippen molar-refractivity contribution in [1.82, 2.24) is 5.32 Å². The van der Waals surface area contributed by atoms with Crippen LogP contribution in [0, 0.1) is 23.7 Å². The number of esters is 3. The molecule has 2 unspecified atom stereocenters. The Labute approximate surface area is 307 Å². The van der Waals surface area contributed by atoms with Crippen molar-refractivity contribution in [2.45, 2.75) is 138 Å². The number of nitrogens with zero attached hydrogens (tertiary/aromatic N) is 1. The van der Waals surface area contributed by atoms with Crippen LogP contribution in [0.5, 0.6) is 0 Å². The SMILES string of the molecule is CC(=O)N[C@H]1C(OC(C)=O)O[C@H](COC(C)=O)[C@H](C)[C@@H]1C.CC(=O)OC[C@H]1OC2OC(C)=N[C@@H]2[C@@H](C)[C@H]1C.C[Si](C)(C)OS(=O)(=O)C(F)(F)F.[2H]CC. The second-order valence-electron chi connectivity index (χ2n) is 13.3. The summed E-state index contributed by atoms with van der Waals surface area (Å²) in [4.78, 5) is 48.7. The lowest BCUT2D eigenvalue weighted by atomic mass is 9.82. The Bertz CT molecular complexity index is 1350. The third kappa shape index (κ3) is 16.5. The van der Waals surface area contributed by atoms with E-state index in [9.17, 15) is 40.8 Å². The lowest BCUT2D eigenvalue weighted by Gasteiger charge is -2.43. The highest BCUT2D eigenvalue weighted by atomic mass is 32.2. The van der Waals surface area contributed by atoms with Crippen LogP contribution in [0.3, 0.4) is 0 Å². The molecule has 0 aromatic carbocycles. The van der Waals surface area contributed by atoms with Gasteiger partial charge in [-0.25, -0.2) is 4.99 Å². The molecule has 0 bridgehead atoms. The summed E-state index contributed by atoms with van der Waals surface area (Å²) < 4.78 is 98.1. The van der Waals surface area contributed by atoms with Crippen molar-refractivity contribution in [3.63, 3.8) is 0 Å². The summed E-state index contributed by atoms with van der Waals surface area (Å²) in [7, 11) is -8.10. The van der Waals surface area contributed by atoms with Crippen molar-refractivity contribution in [3.8, 4) is 0 Å². The molecule has 0 radical (unpaired) electrons. The molecule has 0 aliphatic carbocycles. The molecule has 0 aromatic heterocycles. The fourth-order valence-electron chi connectivity index (χ4n) is 5.11. The van der Waals surface area contributed by atoms with E-state index in [2.05, 4.69) is 28.0 Å². The van der Waals surface area contributed by atoms with E-state index < -0.39 is 54.3 Å². The second kappa shape index (κ2) is 21.2. The second-order valence-corrected chi connectivity index (χ2v) is 19.6. The zero-order valence-electron chi connectivity index (χ0n) is 33.2. The van der Waals surface area contributed by atoms with Gasteiger partial charge in [0.05, 0.1) is 18.2 Å². The van der Waals surface area contributed by atoms with Gasteiger partial charge in [0.25, 0.3) is 0 Å². The highest BCUT2D eigenvalue weighted by Gasteiger charge is 2.49. The molecule has 304 valence electrons. The molecule has 1 amide bonds. The molecule has 3 heterocycles. The molecule has 0 saturated carbocycles. The van der Waals surface area contributed by atoms with E-state index >= 15 is 0 Å². The van der Waals surface area contributed by atoms with E-state index in [-0.39, 0.29) is 61.3 Å². The van der Waals surface area contributed by atoms with Gasteiger partial charge in [-0.2, -0.15) is 21.6 Å². The molecule has 3 aliphatic heterocycles. The number of hydrogen-bond donors (Lipinski definition) is 1. The summed E-state index contributed by atoms with van der Waals surface area (Å²) in [6, 6.07) is -0.367. The summed E-state index contributed by atoms with van der Waals surface area (Å²) in [6.45, 7) is 22.1. The minimum Gasteiger partial charge on any atom is -0.463 e. The number of fused-ring (bicyclic) bond motifs is 1. The largest absolute Gasteiger partial charge is 0.522 e. The third-order valence-electron chi connectivity index (χ3n) is 7.94.